The SMILES string of the molecule is CCOC(CCN(C(C)=O)c1ccccc1)OCC. The predicted octanol–water partition coefficient (Wildman–Crippen LogP) is 2.83. The summed E-state index contributed by atoms with van der Waals surface area (Å²) in [6.07, 6.45) is 0.413. The van der Waals surface area contributed by atoms with Gasteiger partial charge in [0.25, 0.3) is 0 Å². The molecule has 0 aliphatic carbocycles. The van der Waals surface area contributed by atoms with Crippen molar-refractivity contribution in [1.82, 2.24) is 0 Å². The third-order valence-corrected chi connectivity index (χ3v) is 2.74. The minimum atomic E-state index is -0.249. The van der Waals surface area contributed by atoms with Crippen LogP contribution in [0, 0.1) is 0 Å². The quantitative estimate of drug-likeness (QED) is 0.678. The number of carbonyl (C=O) groups is 1. The van der Waals surface area contributed by atoms with Crippen LogP contribution in [0.5, 0.6) is 0 Å². The summed E-state index contributed by atoms with van der Waals surface area (Å²) in [4.78, 5) is 13.5. The molecule has 1 aromatic rings. The lowest BCUT2D eigenvalue weighted by Crippen LogP contribution is -2.33. The highest BCUT2D eigenvalue weighted by Gasteiger charge is 2.15. The lowest BCUT2D eigenvalue weighted by molar-refractivity contribution is -0.138. The average molecular weight is 265 g/mol. The first-order valence-corrected chi connectivity index (χ1v) is 6.75. The molecule has 0 radical (unpaired) electrons. The van der Waals surface area contributed by atoms with Gasteiger partial charge in [-0.15, -0.1) is 0 Å². The maximum Gasteiger partial charge on any atom is 0.223 e. The molecule has 0 fully saturated rings. The second kappa shape index (κ2) is 8.67. The van der Waals surface area contributed by atoms with Crippen molar-refractivity contribution in [2.75, 3.05) is 24.7 Å². The number of anilines is 1. The van der Waals surface area contributed by atoms with Gasteiger partial charge >= 0.3 is 0 Å². The highest BCUT2D eigenvalue weighted by Crippen LogP contribution is 2.15. The Morgan fingerprint density at radius 1 is 1.16 bits per heavy atom. The molecule has 0 saturated heterocycles. The van der Waals surface area contributed by atoms with E-state index >= 15 is 0 Å². The molecule has 0 unspecified atom stereocenters. The number of nitrogens with zero attached hydrogens (tertiary/aromatic N) is 1. The monoisotopic (exact) mass is 265 g/mol. The number of para-hydroxylation sites is 1. The van der Waals surface area contributed by atoms with E-state index in [4.69, 9.17) is 9.47 Å². The molecule has 4 heteroatoms. The van der Waals surface area contributed by atoms with E-state index in [9.17, 15) is 4.79 Å². The van der Waals surface area contributed by atoms with Crippen molar-refractivity contribution in [2.45, 2.75) is 33.5 Å². The first-order valence-electron chi connectivity index (χ1n) is 6.75. The molecular weight excluding hydrogens is 242 g/mol. The second-order valence-electron chi connectivity index (χ2n) is 4.14. The Labute approximate surface area is 115 Å². The molecule has 0 aliphatic rings. The number of hydrogen-bond acceptors (Lipinski definition) is 3. The van der Waals surface area contributed by atoms with Gasteiger partial charge in [0, 0.05) is 38.8 Å². The van der Waals surface area contributed by atoms with Crippen LogP contribution in [0.4, 0.5) is 5.69 Å². The molecular formula is C15H23NO3. The van der Waals surface area contributed by atoms with Crippen molar-refractivity contribution in [2.24, 2.45) is 0 Å². The fraction of sp³-hybridized carbons (Fsp3) is 0.533. The Morgan fingerprint density at radius 3 is 2.21 bits per heavy atom. The first-order chi connectivity index (χ1) is 9.19. The van der Waals surface area contributed by atoms with Crippen LogP contribution in [0.15, 0.2) is 30.3 Å². The van der Waals surface area contributed by atoms with Crippen molar-refractivity contribution in [3.63, 3.8) is 0 Å². The Kier molecular flexibility index (Phi) is 7.15. The van der Waals surface area contributed by atoms with Gasteiger partial charge in [0.1, 0.15) is 0 Å². The van der Waals surface area contributed by atoms with Crippen LogP contribution in [0.25, 0.3) is 0 Å². The molecule has 0 aliphatic heterocycles. The zero-order valence-electron chi connectivity index (χ0n) is 12.0. The van der Waals surface area contributed by atoms with Crippen LogP contribution < -0.4 is 4.90 Å². The minimum absolute atomic E-state index is 0.0259. The topological polar surface area (TPSA) is 38.8 Å². The third-order valence-electron chi connectivity index (χ3n) is 2.74. The summed E-state index contributed by atoms with van der Waals surface area (Å²) in [7, 11) is 0. The van der Waals surface area contributed by atoms with Crippen LogP contribution in [-0.4, -0.2) is 32.0 Å². The van der Waals surface area contributed by atoms with Crippen LogP contribution in [0.1, 0.15) is 27.2 Å². The summed E-state index contributed by atoms with van der Waals surface area (Å²) in [5, 5.41) is 0. The maximum atomic E-state index is 11.7. The first kappa shape index (κ1) is 15.7. The molecule has 1 rings (SSSR count). The van der Waals surface area contributed by atoms with E-state index in [1.807, 2.05) is 44.2 Å². The number of hydrogen-bond donors (Lipinski definition) is 0. The molecule has 0 atom stereocenters. The highest BCUT2D eigenvalue weighted by molar-refractivity contribution is 5.91. The summed E-state index contributed by atoms with van der Waals surface area (Å²) in [6, 6.07) is 9.64. The van der Waals surface area contributed by atoms with Crippen molar-refractivity contribution in [1.29, 1.82) is 0 Å². The lowest BCUT2D eigenvalue weighted by atomic mass is 10.2. The average Bonchev–Trinajstić information content (AvgIpc) is 2.40. The summed E-state index contributed by atoms with van der Waals surface area (Å²) in [5.74, 6) is 0.0259. The van der Waals surface area contributed by atoms with Crippen LogP contribution in [0.2, 0.25) is 0 Å². The second-order valence-corrected chi connectivity index (χ2v) is 4.14. The molecule has 0 spiro atoms. The van der Waals surface area contributed by atoms with Gasteiger partial charge in [0.2, 0.25) is 5.91 Å². The fourth-order valence-corrected chi connectivity index (χ4v) is 1.90. The number of rotatable bonds is 8. The van der Waals surface area contributed by atoms with Gasteiger partial charge in [-0.2, -0.15) is 0 Å². The van der Waals surface area contributed by atoms with Gasteiger partial charge in [-0.1, -0.05) is 18.2 Å². The van der Waals surface area contributed by atoms with Gasteiger partial charge in [-0.25, -0.2) is 0 Å². The normalized spacial score (nSPS) is 10.7. The highest BCUT2D eigenvalue weighted by atomic mass is 16.7. The molecule has 0 N–H and O–H groups in total. The van der Waals surface area contributed by atoms with Gasteiger partial charge in [0.05, 0.1) is 0 Å². The Balaban J connectivity index is 2.61. The molecule has 1 amide bonds. The number of benzene rings is 1. The molecule has 0 bridgehead atoms. The smallest absolute Gasteiger partial charge is 0.223 e. The van der Waals surface area contributed by atoms with E-state index in [1.54, 1.807) is 11.8 Å². The summed E-state index contributed by atoms with van der Waals surface area (Å²) < 4.78 is 11.0. The zero-order chi connectivity index (χ0) is 14.1. The van der Waals surface area contributed by atoms with E-state index in [0.29, 0.717) is 26.2 Å². The summed E-state index contributed by atoms with van der Waals surface area (Å²) in [6.45, 7) is 7.25. The van der Waals surface area contributed by atoms with E-state index in [-0.39, 0.29) is 12.2 Å². The molecule has 19 heavy (non-hydrogen) atoms. The van der Waals surface area contributed by atoms with Crippen molar-refractivity contribution < 1.29 is 14.3 Å². The predicted molar refractivity (Wildman–Crippen MR) is 76.1 cm³/mol. The van der Waals surface area contributed by atoms with Crippen LogP contribution in [0.3, 0.4) is 0 Å². The molecule has 1 aromatic carbocycles. The van der Waals surface area contributed by atoms with Crippen LogP contribution >= 0.6 is 0 Å². The third kappa shape index (κ3) is 5.41. The van der Waals surface area contributed by atoms with Gasteiger partial charge in [0.15, 0.2) is 6.29 Å². The molecule has 0 saturated carbocycles. The molecule has 4 nitrogen and oxygen atoms in total. The van der Waals surface area contributed by atoms with Crippen molar-refractivity contribution in [3.05, 3.63) is 30.3 Å². The van der Waals surface area contributed by atoms with Gasteiger partial charge in [-0.3, -0.25) is 4.79 Å². The molecule has 0 aromatic heterocycles. The zero-order valence-corrected chi connectivity index (χ0v) is 12.0. The van der Waals surface area contributed by atoms with Crippen molar-refractivity contribution >= 4 is 11.6 Å². The van der Waals surface area contributed by atoms with E-state index in [0.717, 1.165) is 5.69 Å². The minimum Gasteiger partial charge on any atom is -0.353 e. The van der Waals surface area contributed by atoms with E-state index in [1.165, 1.54) is 0 Å². The summed E-state index contributed by atoms with van der Waals surface area (Å²) in [5.41, 5.74) is 0.904. The van der Waals surface area contributed by atoms with E-state index in [2.05, 4.69) is 0 Å². The largest absolute Gasteiger partial charge is 0.353 e. The van der Waals surface area contributed by atoms with Crippen LogP contribution in [-0.2, 0) is 14.3 Å². The maximum absolute atomic E-state index is 11.7. The fourth-order valence-electron chi connectivity index (χ4n) is 1.90. The molecule has 0 heterocycles. The lowest BCUT2D eigenvalue weighted by Gasteiger charge is -2.24. The number of amides is 1. The Hall–Kier alpha value is -1.39. The van der Waals surface area contributed by atoms with E-state index < -0.39 is 0 Å². The Bertz CT molecular complexity index is 361. The van der Waals surface area contributed by atoms with Gasteiger partial charge < -0.3 is 14.4 Å². The van der Waals surface area contributed by atoms with Gasteiger partial charge in [-0.05, 0) is 26.0 Å². The Morgan fingerprint density at radius 2 is 1.74 bits per heavy atom. The summed E-state index contributed by atoms with van der Waals surface area (Å²) >= 11 is 0. The van der Waals surface area contributed by atoms with Crippen molar-refractivity contribution in [3.8, 4) is 0 Å². The standard InChI is InChI=1S/C15H23NO3/c1-4-18-15(19-5-2)11-12-16(13(3)17)14-9-7-6-8-10-14/h6-10,15H,4-5,11-12H2,1-3H3. The number of carbonyl (C=O) groups excluding carboxylic acids is 1. The number of ether oxygens (including phenoxy) is 2. The molecule has 106 valence electrons.